The molecule has 0 amide bonds. The summed E-state index contributed by atoms with van der Waals surface area (Å²) >= 11 is 0. The van der Waals surface area contributed by atoms with Crippen LogP contribution in [0, 0.1) is 0 Å². The van der Waals surface area contributed by atoms with E-state index in [0.29, 0.717) is 11.7 Å². The van der Waals surface area contributed by atoms with E-state index in [1.54, 1.807) is 13.3 Å². The average Bonchev–Trinajstić information content (AvgIpc) is 3.03. The molecule has 0 saturated carbocycles. The number of fused-ring (bicyclic) bond motifs is 1. The fraction of sp³-hybridized carbons (Fsp3) is 0.100. The van der Waals surface area contributed by atoms with Crippen molar-refractivity contribution >= 4 is 33.8 Å². The standard InChI is InChI=1S/C20H16N4O/c1-13-19(24-20(22-13)17-9-5-6-12-21-17)23-16-10-11-18(25-2)15-8-4-3-7-14(15)16/h3-12H,1-2H3. The highest BCUT2D eigenvalue weighted by Gasteiger charge is 2.17. The third-order valence-electron chi connectivity index (χ3n) is 4.01. The molecule has 1 aliphatic heterocycles. The summed E-state index contributed by atoms with van der Waals surface area (Å²) in [5.74, 6) is 2.03. The topological polar surface area (TPSA) is 59.2 Å². The number of hydrogen-bond acceptors (Lipinski definition) is 4. The smallest absolute Gasteiger partial charge is 0.180 e. The van der Waals surface area contributed by atoms with Crippen molar-refractivity contribution in [3.05, 3.63) is 66.5 Å². The Balaban J connectivity index is 1.81. The van der Waals surface area contributed by atoms with Crippen molar-refractivity contribution in [2.45, 2.75) is 6.92 Å². The number of amidine groups is 2. The van der Waals surface area contributed by atoms with Crippen LogP contribution in [0.1, 0.15) is 12.6 Å². The van der Waals surface area contributed by atoms with Crippen LogP contribution in [-0.4, -0.2) is 29.5 Å². The highest BCUT2D eigenvalue weighted by molar-refractivity contribution is 6.48. The Morgan fingerprint density at radius 1 is 0.880 bits per heavy atom. The van der Waals surface area contributed by atoms with E-state index in [1.165, 1.54) is 0 Å². The summed E-state index contributed by atoms with van der Waals surface area (Å²) in [5.41, 5.74) is 2.36. The molecule has 0 fully saturated rings. The van der Waals surface area contributed by atoms with E-state index in [0.717, 1.165) is 33.6 Å². The lowest BCUT2D eigenvalue weighted by Gasteiger charge is -2.07. The Hall–Kier alpha value is -3.34. The predicted octanol–water partition coefficient (Wildman–Crippen LogP) is 4.19. The second-order valence-corrected chi connectivity index (χ2v) is 5.62. The Labute approximate surface area is 145 Å². The third-order valence-corrected chi connectivity index (χ3v) is 4.01. The van der Waals surface area contributed by atoms with Gasteiger partial charge in [0.15, 0.2) is 11.7 Å². The predicted molar refractivity (Wildman–Crippen MR) is 101 cm³/mol. The molecule has 3 aromatic rings. The molecule has 122 valence electrons. The number of hydrogen-bond donors (Lipinski definition) is 0. The molecule has 1 aromatic heterocycles. The molecule has 25 heavy (non-hydrogen) atoms. The first-order valence-electron chi connectivity index (χ1n) is 7.96. The van der Waals surface area contributed by atoms with Crippen LogP contribution in [0.3, 0.4) is 0 Å². The van der Waals surface area contributed by atoms with E-state index < -0.39 is 0 Å². The molecule has 0 spiro atoms. The number of ether oxygens (including phenoxy) is 1. The molecular weight excluding hydrogens is 312 g/mol. The van der Waals surface area contributed by atoms with Crippen LogP contribution in [0.15, 0.2) is 75.8 Å². The van der Waals surface area contributed by atoms with Gasteiger partial charge in [0.2, 0.25) is 0 Å². The van der Waals surface area contributed by atoms with Crippen LogP contribution in [0.4, 0.5) is 5.69 Å². The van der Waals surface area contributed by atoms with E-state index >= 15 is 0 Å². The van der Waals surface area contributed by atoms with Gasteiger partial charge < -0.3 is 4.74 Å². The van der Waals surface area contributed by atoms with Crippen LogP contribution in [0.2, 0.25) is 0 Å². The van der Waals surface area contributed by atoms with Crippen LogP contribution in [0.5, 0.6) is 5.75 Å². The lowest BCUT2D eigenvalue weighted by Crippen LogP contribution is -2.01. The van der Waals surface area contributed by atoms with Gasteiger partial charge in [-0.2, -0.15) is 0 Å². The largest absolute Gasteiger partial charge is 0.496 e. The number of methoxy groups -OCH3 is 1. The number of aromatic nitrogens is 1. The van der Waals surface area contributed by atoms with Crippen molar-refractivity contribution in [3.63, 3.8) is 0 Å². The molecular formula is C20H16N4O. The lowest BCUT2D eigenvalue weighted by molar-refractivity contribution is 0.420. The number of aliphatic imine (C=N–C) groups is 3. The Morgan fingerprint density at radius 3 is 2.44 bits per heavy atom. The zero-order valence-corrected chi connectivity index (χ0v) is 14.0. The van der Waals surface area contributed by atoms with Crippen LogP contribution >= 0.6 is 0 Å². The van der Waals surface area contributed by atoms with Gasteiger partial charge in [-0.05, 0) is 31.2 Å². The molecule has 0 unspecified atom stereocenters. The SMILES string of the molecule is COc1ccc(N=C2N=C(c3ccccn3)N=C2C)c2ccccc12. The van der Waals surface area contributed by atoms with Gasteiger partial charge in [-0.3, -0.25) is 4.98 Å². The molecule has 5 heteroatoms. The van der Waals surface area contributed by atoms with Crippen molar-refractivity contribution in [1.82, 2.24) is 4.98 Å². The normalized spacial score (nSPS) is 15.4. The molecule has 1 aliphatic rings. The van der Waals surface area contributed by atoms with E-state index in [9.17, 15) is 0 Å². The molecule has 0 radical (unpaired) electrons. The summed E-state index contributed by atoms with van der Waals surface area (Å²) in [5, 5.41) is 2.04. The highest BCUT2D eigenvalue weighted by Crippen LogP contribution is 2.33. The van der Waals surface area contributed by atoms with Gasteiger partial charge in [0.05, 0.1) is 18.5 Å². The van der Waals surface area contributed by atoms with Crippen molar-refractivity contribution in [1.29, 1.82) is 0 Å². The van der Waals surface area contributed by atoms with Gasteiger partial charge in [-0.1, -0.05) is 30.3 Å². The average molecular weight is 328 g/mol. The molecule has 5 nitrogen and oxygen atoms in total. The molecule has 0 atom stereocenters. The van der Waals surface area contributed by atoms with Crippen molar-refractivity contribution in [2.24, 2.45) is 15.0 Å². The molecule has 0 bridgehead atoms. The molecule has 2 aromatic carbocycles. The van der Waals surface area contributed by atoms with Crippen LogP contribution in [-0.2, 0) is 0 Å². The van der Waals surface area contributed by atoms with E-state index in [1.807, 2.05) is 61.5 Å². The molecule has 4 rings (SSSR count). The lowest BCUT2D eigenvalue weighted by atomic mass is 10.1. The quantitative estimate of drug-likeness (QED) is 0.723. The summed E-state index contributed by atoms with van der Waals surface area (Å²) < 4.78 is 5.44. The molecule has 0 saturated heterocycles. The second kappa shape index (κ2) is 6.28. The monoisotopic (exact) mass is 328 g/mol. The van der Waals surface area contributed by atoms with Crippen LogP contribution in [0.25, 0.3) is 10.8 Å². The number of pyridine rings is 1. The first-order valence-corrected chi connectivity index (χ1v) is 7.96. The van der Waals surface area contributed by atoms with Crippen LogP contribution < -0.4 is 4.74 Å². The Morgan fingerprint density at radius 2 is 1.68 bits per heavy atom. The summed E-state index contributed by atoms with van der Waals surface area (Å²) in [6.07, 6.45) is 1.73. The Kier molecular flexibility index (Phi) is 3.82. The zero-order valence-electron chi connectivity index (χ0n) is 14.0. The van der Waals surface area contributed by atoms with Gasteiger partial charge in [-0.25, -0.2) is 15.0 Å². The van der Waals surface area contributed by atoms with Crippen molar-refractivity contribution < 1.29 is 4.74 Å². The summed E-state index contributed by atoms with van der Waals surface area (Å²) in [4.78, 5) is 18.1. The zero-order chi connectivity index (χ0) is 17.2. The first kappa shape index (κ1) is 15.2. The summed E-state index contributed by atoms with van der Waals surface area (Å²) in [7, 11) is 1.67. The van der Waals surface area contributed by atoms with Gasteiger partial charge in [0, 0.05) is 17.0 Å². The Bertz CT molecular complexity index is 1040. The highest BCUT2D eigenvalue weighted by atomic mass is 16.5. The minimum absolute atomic E-state index is 0.592. The third kappa shape index (κ3) is 2.80. The van der Waals surface area contributed by atoms with Gasteiger partial charge in [-0.15, -0.1) is 0 Å². The maximum atomic E-state index is 5.44. The van der Waals surface area contributed by atoms with Crippen molar-refractivity contribution in [3.8, 4) is 5.75 Å². The van der Waals surface area contributed by atoms with E-state index in [4.69, 9.17) is 9.73 Å². The van der Waals surface area contributed by atoms with Gasteiger partial charge >= 0.3 is 0 Å². The minimum Gasteiger partial charge on any atom is -0.496 e. The molecule has 0 N–H and O–H groups in total. The van der Waals surface area contributed by atoms with E-state index in [2.05, 4.69) is 15.0 Å². The molecule has 2 heterocycles. The number of nitrogens with zero attached hydrogens (tertiary/aromatic N) is 4. The summed E-state index contributed by atoms with van der Waals surface area (Å²) in [6.45, 7) is 1.91. The first-order chi connectivity index (χ1) is 12.3. The maximum Gasteiger partial charge on any atom is 0.180 e. The second-order valence-electron chi connectivity index (χ2n) is 5.62. The van der Waals surface area contributed by atoms with Gasteiger partial charge in [0.25, 0.3) is 0 Å². The van der Waals surface area contributed by atoms with E-state index in [-0.39, 0.29) is 0 Å². The fourth-order valence-electron chi connectivity index (χ4n) is 2.78. The number of rotatable bonds is 3. The molecule has 0 aliphatic carbocycles. The minimum atomic E-state index is 0.592. The fourth-order valence-corrected chi connectivity index (χ4v) is 2.78. The van der Waals surface area contributed by atoms with Gasteiger partial charge in [0.1, 0.15) is 11.4 Å². The maximum absolute atomic E-state index is 5.44. The number of benzene rings is 2. The van der Waals surface area contributed by atoms with Crippen molar-refractivity contribution in [2.75, 3.05) is 7.11 Å². The summed E-state index contributed by atoms with van der Waals surface area (Å²) in [6, 6.07) is 17.6.